The number of thioether (sulfide) groups is 1. The molecule has 0 radical (unpaired) electrons. The molecule has 14 heavy (non-hydrogen) atoms. The molecule has 1 atom stereocenters. The third kappa shape index (κ3) is 2.64. The van der Waals surface area contributed by atoms with E-state index in [4.69, 9.17) is 10.5 Å². The van der Waals surface area contributed by atoms with Crippen LogP contribution in [0.3, 0.4) is 0 Å². The lowest BCUT2D eigenvalue weighted by Crippen LogP contribution is -2.56. The molecule has 1 aliphatic heterocycles. The second-order valence-corrected chi connectivity index (χ2v) is 5.70. The largest absolute Gasteiger partial charge is 0.465 e. The molecule has 0 bridgehead atoms. The zero-order valence-corrected chi connectivity index (χ0v) is 9.95. The monoisotopic (exact) mass is 217 g/mol. The lowest BCUT2D eigenvalue weighted by molar-refractivity contribution is -0.150. The van der Waals surface area contributed by atoms with Gasteiger partial charge in [-0.2, -0.15) is 11.8 Å². The second-order valence-electron chi connectivity index (χ2n) is 4.71. The molecule has 0 aromatic heterocycles. The average molecular weight is 217 g/mol. The van der Waals surface area contributed by atoms with Crippen molar-refractivity contribution in [2.75, 3.05) is 18.1 Å². The highest BCUT2D eigenvalue weighted by Crippen LogP contribution is 2.38. The van der Waals surface area contributed by atoms with E-state index in [1.54, 1.807) is 11.8 Å². The van der Waals surface area contributed by atoms with Crippen molar-refractivity contribution in [2.24, 2.45) is 11.1 Å². The molecule has 0 aliphatic carbocycles. The van der Waals surface area contributed by atoms with Gasteiger partial charge in [0, 0.05) is 5.75 Å². The molecule has 0 aromatic carbocycles. The van der Waals surface area contributed by atoms with Crippen LogP contribution in [0.4, 0.5) is 0 Å². The van der Waals surface area contributed by atoms with Gasteiger partial charge < -0.3 is 10.5 Å². The Kier molecular flexibility index (Phi) is 3.48. The van der Waals surface area contributed by atoms with E-state index in [0.29, 0.717) is 18.8 Å². The zero-order chi connectivity index (χ0) is 10.8. The highest BCUT2D eigenvalue weighted by Gasteiger charge is 2.44. The molecule has 0 amide bonds. The molecule has 1 heterocycles. The van der Waals surface area contributed by atoms with Gasteiger partial charge in [-0.05, 0) is 24.5 Å². The fraction of sp³-hybridized carbons (Fsp3) is 0.900. The van der Waals surface area contributed by atoms with Crippen LogP contribution >= 0.6 is 11.8 Å². The van der Waals surface area contributed by atoms with Crippen molar-refractivity contribution in [2.45, 2.75) is 32.7 Å². The van der Waals surface area contributed by atoms with Crippen LogP contribution in [0.2, 0.25) is 0 Å². The van der Waals surface area contributed by atoms with E-state index in [2.05, 4.69) is 13.8 Å². The lowest BCUT2D eigenvalue weighted by Gasteiger charge is -2.40. The van der Waals surface area contributed by atoms with Crippen molar-refractivity contribution in [1.82, 2.24) is 0 Å². The molecule has 3 nitrogen and oxygen atoms in total. The number of ether oxygens (including phenoxy) is 1. The van der Waals surface area contributed by atoms with E-state index in [1.807, 2.05) is 6.92 Å². The Morgan fingerprint density at radius 2 is 2.14 bits per heavy atom. The van der Waals surface area contributed by atoms with Crippen LogP contribution in [0.5, 0.6) is 0 Å². The first-order valence-electron chi connectivity index (χ1n) is 4.93. The van der Waals surface area contributed by atoms with Gasteiger partial charge in [-0.15, -0.1) is 0 Å². The normalized spacial score (nSPS) is 31.1. The van der Waals surface area contributed by atoms with Gasteiger partial charge in [0.05, 0.1) is 6.61 Å². The van der Waals surface area contributed by atoms with Crippen LogP contribution in [-0.2, 0) is 9.53 Å². The number of esters is 1. The molecule has 0 spiro atoms. The predicted octanol–water partition coefficient (Wildman–Crippen LogP) is 1.41. The number of hydrogen-bond acceptors (Lipinski definition) is 4. The average Bonchev–Trinajstić information content (AvgIpc) is 2.02. The zero-order valence-electron chi connectivity index (χ0n) is 9.13. The summed E-state index contributed by atoms with van der Waals surface area (Å²) in [6.45, 7) is 6.49. The first kappa shape index (κ1) is 11.9. The third-order valence-corrected chi connectivity index (χ3v) is 4.03. The number of carbonyl (C=O) groups is 1. The van der Waals surface area contributed by atoms with Crippen molar-refractivity contribution >= 4 is 17.7 Å². The molecule has 82 valence electrons. The van der Waals surface area contributed by atoms with Crippen molar-refractivity contribution < 1.29 is 9.53 Å². The molecule has 2 N–H and O–H groups in total. The summed E-state index contributed by atoms with van der Waals surface area (Å²) >= 11 is 1.74. The molecule has 0 aromatic rings. The molecule has 1 fully saturated rings. The third-order valence-electron chi connectivity index (χ3n) is 2.33. The van der Waals surface area contributed by atoms with Crippen LogP contribution < -0.4 is 5.73 Å². The summed E-state index contributed by atoms with van der Waals surface area (Å²) in [7, 11) is 0. The van der Waals surface area contributed by atoms with Crippen molar-refractivity contribution in [3.8, 4) is 0 Å². The van der Waals surface area contributed by atoms with Gasteiger partial charge in [0.2, 0.25) is 0 Å². The van der Waals surface area contributed by atoms with Gasteiger partial charge in [-0.1, -0.05) is 13.8 Å². The first-order valence-corrected chi connectivity index (χ1v) is 6.09. The molecule has 0 saturated carbocycles. The number of nitrogens with two attached hydrogens (primary N) is 1. The Labute approximate surface area is 89.8 Å². The Morgan fingerprint density at radius 1 is 1.50 bits per heavy atom. The minimum absolute atomic E-state index is 0.129. The SMILES string of the molecule is CCOC(=O)C1(N)CSCC(C)(C)C1. The van der Waals surface area contributed by atoms with E-state index >= 15 is 0 Å². The summed E-state index contributed by atoms with van der Waals surface area (Å²) in [6.07, 6.45) is 0.714. The molecule has 1 rings (SSSR count). The predicted molar refractivity (Wildman–Crippen MR) is 59.3 cm³/mol. The van der Waals surface area contributed by atoms with Gasteiger partial charge in [0.1, 0.15) is 5.54 Å². The van der Waals surface area contributed by atoms with Gasteiger partial charge in [-0.3, -0.25) is 4.79 Å². The summed E-state index contributed by atoms with van der Waals surface area (Å²) in [6, 6.07) is 0. The Bertz CT molecular complexity index is 230. The fourth-order valence-corrected chi connectivity index (χ4v) is 3.21. The van der Waals surface area contributed by atoms with Crippen LogP contribution in [0.25, 0.3) is 0 Å². The van der Waals surface area contributed by atoms with Crippen LogP contribution in [-0.4, -0.2) is 29.6 Å². The maximum atomic E-state index is 11.6. The Morgan fingerprint density at radius 3 is 2.64 bits per heavy atom. The number of carbonyl (C=O) groups excluding carboxylic acids is 1. The molecule has 1 aliphatic rings. The van der Waals surface area contributed by atoms with Gasteiger partial charge in [0.25, 0.3) is 0 Å². The van der Waals surface area contributed by atoms with Crippen molar-refractivity contribution in [1.29, 1.82) is 0 Å². The maximum absolute atomic E-state index is 11.6. The minimum atomic E-state index is -0.775. The van der Waals surface area contributed by atoms with Crippen LogP contribution in [0, 0.1) is 5.41 Å². The maximum Gasteiger partial charge on any atom is 0.326 e. The standard InChI is InChI=1S/C10H19NO2S/c1-4-13-8(12)10(11)5-9(2,3)6-14-7-10/h4-7,11H2,1-3H3. The van der Waals surface area contributed by atoms with Crippen LogP contribution in [0.15, 0.2) is 0 Å². The van der Waals surface area contributed by atoms with E-state index in [1.165, 1.54) is 0 Å². The topological polar surface area (TPSA) is 52.3 Å². The van der Waals surface area contributed by atoms with Gasteiger partial charge >= 0.3 is 5.97 Å². The molecule has 4 heteroatoms. The second kappa shape index (κ2) is 4.11. The van der Waals surface area contributed by atoms with E-state index in [9.17, 15) is 4.79 Å². The molecule has 1 unspecified atom stereocenters. The summed E-state index contributed by atoms with van der Waals surface area (Å²) in [4.78, 5) is 11.6. The Hall–Kier alpha value is -0.220. The van der Waals surface area contributed by atoms with Crippen molar-refractivity contribution in [3.63, 3.8) is 0 Å². The first-order chi connectivity index (χ1) is 6.40. The minimum Gasteiger partial charge on any atom is -0.465 e. The van der Waals surface area contributed by atoms with E-state index in [0.717, 1.165) is 5.75 Å². The number of hydrogen-bond donors (Lipinski definition) is 1. The Balaban J connectivity index is 2.68. The molecular weight excluding hydrogens is 198 g/mol. The van der Waals surface area contributed by atoms with Crippen LogP contribution in [0.1, 0.15) is 27.2 Å². The fourth-order valence-electron chi connectivity index (χ4n) is 1.87. The lowest BCUT2D eigenvalue weighted by atomic mass is 9.80. The van der Waals surface area contributed by atoms with Gasteiger partial charge in [-0.25, -0.2) is 0 Å². The van der Waals surface area contributed by atoms with Gasteiger partial charge in [0.15, 0.2) is 0 Å². The highest BCUT2D eigenvalue weighted by molar-refractivity contribution is 7.99. The van der Waals surface area contributed by atoms with E-state index in [-0.39, 0.29) is 11.4 Å². The highest BCUT2D eigenvalue weighted by atomic mass is 32.2. The number of rotatable bonds is 2. The smallest absolute Gasteiger partial charge is 0.326 e. The quantitative estimate of drug-likeness (QED) is 0.711. The van der Waals surface area contributed by atoms with Crippen molar-refractivity contribution in [3.05, 3.63) is 0 Å². The summed E-state index contributed by atoms with van der Waals surface area (Å²) in [5.74, 6) is 1.49. The summed E-state index contributed by atoms with van der Waals surface area (Å²) in [5.41, 5.74) is 5.42. The van der Waals surface area contributed by atoms with E-state index < -0.39 is 5.54 Å². The molecule has 1 saturated heterocycles. The molecular formula is C10H19NO2S. The summed E-state index contributed by atoms with van der Waals surface area (Å²) in [5, 5.41) is 0. The summed E-state index contributed by atoms with van der Waals surface area (Å²) < 4.78 is 5.00.